The van der Waals surface area contributed by atoms with E-state index in [2.05, 4.69) is 10.2 Å². The molecule has 4 rings (SSSR count). The van der Waals surface area contributed by atoms with E-state index in [1.54, 1.807) is 0 Å². The molecule has 2 heterocycles. The maximum absolute atomic E-state index is 14.4. The van der Waals surface area contributed by atoms with E-state index in [1.807, 2.05) is 0 Å². The van der Waals surface area contributed by atoms with Crippen LogP contribution in [0, 0.1) is 11.8 Å². The average molecular weight is 619 g/mol. The van der Waals surface area contributed by atoms with Crippen molar-refractivity contribution in [1.29, 1.82) is 0 Å². The molecule has 1 aliphatic carbocycles. The standard InChI is InChI=1S/C17H14ClF6N3O.C6H6F3N3O/c1-26-6-10(14(25-26)15(20)21)16(28)27(8-2-3-8)7-9-11(17(22,23)24)4-5-12(18)13(9)19;1-12-5(9)2(6(10)13)3(11-12)4(7)8/h4-6,8,15H,2-3,7H2,1H3;4H,1H3,(H2,10,13). The first kappa shape index (κ1) is 31.8. The summed E-state index contributed by atoms with van der Waals surface area (Å²) in [6, 6.07) is 0.936. The normalized spacial score (nSPS) is 13.4. The summed E-state index contributed by atoms with van der Waals surface area (Å²) in [7, 11) is 2.44. The topological polar surface area (TPSA) is 99.0 Å². The molecular formula is C23H20ClF9N6O2. The molecule has 1 fully saturated rings. The van der Waals surface area contributed by atoms with E-state index in [9.17, 15) is 49.1 Å². The molecule has 18 heteroatoms. The number of halogens is 10. The molecule has 0 bridgehead atoms. The Kier molecular flexibility index (Phi) is 9.30. The molecule has 3 aromatic rings. The lowest BCUT2D eigenvalue weighted by molar-refractivity contribution is -0.138. The van der Waals surface area contributed by atoms with Crippen molar-refractivity contribution < 1.29 is 49.1 Å². The summed E-state index contributed by atoms with van der Waals surface area (Å²) in [4.78, 5) is 24.4. The zero-order chi connectivity index (χ0) is 31.0. The number of nitrogens with zero attached hydrogens (tertiary/aromatic N) is 5. The smallest absolute Gasteiger partial charge is 0.365 e. The van der Waals surface area contributed by atoms with Crippen molar-refractivity contribution in [3.63, 3.8) is 0 Å². The Morgan fingerprint density at radius 3 is 2.12 bits per heavy atom. The van der Waals surface area contributed by atoms with Crippen molar-refractivity contribution in [2.75, 3.05) is 0 Å². The number of carbonyl (C=O) groups excluding carboxylic acids is 2. The number of hydrogen-bond donors (Lipinski definition) is 1. The highest BCUT2D eigenvalue weighted by Gasteiger charge is 2.40. The summed E-state index contributed by atoms with van der Waals surface area (Å²) < 4.78 is 119. The van der Waals surface area contributed by atoms with E-state index in [1.165, 1.54) is 7.05 Å². The van der Waals surface area contributed by atoms with Crippen LogP contribution in [-0.2, 0) is 26.8 Å². The van der Waals surface area contributed by atoms with Crippen LogP contribution >= 0.6 is 11.6 Å². The quantitative estimate of drug-likeness (QED) is 0.350. The Morgan fingerprint density at radius 2 is 1.66 bits per heavy atom. The minimum atomic E-state index is -4.87. The molecule has 0 atom stereocenters. The summed E-state index contributed by atoms with van der Waals surface area (Å²) >= 11 is 5.62. The fraction of sp³-hybridized carbons (Fsp3) is 0.391. The van der Waals surface area contributed by atoms with Crippen molar-refractivity contribution in [3.8, 4) is 0 Å². The molecule has 2 amide bonds. The zero-order valence-corrected chi connectivity index (χ0v) is 21.8. The number of hydrogen-bond acceptors (Lipinski definition) is 4. The van der Waals surface area contributed by atoms with Crippen LogP contribution in [-0.4, -0.2) is 42.3 Å². The molecule has 1 saturated carbocycles. The van der Waals surface area contributed by atoms with Crippen molar-refractivity contribution in [2.24, 2.45) is 19.8 Å². The third-order valence-corrected chi connectivity index (χ3v) is 6.12. The van der Waals surface area contributed by atoms with Crippen molar-refractivity contribution in [3.05, 3.63) is 68.8 Å². The van der Waals surface area contributed by atoms with Crippen LogP contribution in [0.15, 0.2) is 18.3 Å². The second-order valence-electron chi connectivity index (χ2n) is 8.79. The third kappa shape index (κ3) is 6.94. The molecule has 224 valence electrons. The number of carbonyl (C=O) groups is 2. The number of benzene rings is 1. The summed E-state index contributed by atoms with van der Waals surface area (Å²) in [5.41, 5.74) is -0.353. The van der Waals surface area contributed by atoms with Gasteiger partial charge in [-0.15, -0.1) is 0 Å². The van der Waals surface area contributed by atoms with Gasteiger partial charge in [0, 0.05) is 38.4 Å². The minimum absolute atomic E-state index is 0.430. The van der Waals surface area contributed by atoms with Gasteiger partial charge in [-0.1, -0.05) is 11.6 Å². The van der Waals surface area contributed by atoms with Crippen molar-refractivity contribution in [2.45, 2.75) is 44.5 Å². The Balaban J connectivity index is 0.000000298. The van der Waals surface area contributed by atoms with Crippen LogP contribution in [0.4, 0.5) is 39.5 Å². The van der Waals surface area contributed by atoms with Gasteiger partial charge in [0.2, 0.25) is 5.95 Å². The lowest BCUT2D eigenvalue weighted by Crippen LogP contribution is -2.34. The van der Waals surface area contributed by atoms with E-state index < -0.39 is 93.9 Å². The largest absolute Gasteiger partial charge is 0.416 e. The number of aromatic nitrogens is 4. The lowest BCUT2D eigenvalue weighted by Gasteiger charge is -2.25. The fourth-order valence-corrected chi connectivity index (χ4v) is 4.00. The summed E-state index contributed by atoms with van der Waals surface area (Å²) in [5, 5.41) is 6.13. The number of amides is 2. The van der Waals surface area contributed by atoms with E-state index in [4.69, 9.17) is 17.3 Å². The van der Waals surface area contributed by atoms with Gasteiger partial charge in [-0.3, -0.25) is 14.3 Å². The van der Waals surface area contributed by atoms with Gasteiger partial charge in [-0.2, -0.15) is 27.8 Å². The molecule has 0 spiro atoms. The van der Waals surface area contributed by atoms with Crippen molar-refractivity contribution >= 4 is 23.4 Å². The minimum Gasteiger partial charge on any atom is -0.365 e. The van der Waals surface area contributed by atoms with Crippen LogP contribution in [0.5, 0.6) is 0 Å². The predicted molar refractivity (Wildman–Crippen MR) is 124 cm³/mol. The molecule has 1 aliphatic rings. The highest BCUT2D eigenvalue weighted by molar-refractivity contribution is 6.30. The Morgan fingerprint density at radius 1 is 1.07 bits per heavy atom. The van der Waals surface area contributed by atoms with Gasteiger partial charge in [0.1, 0.15) is 22.8 Å². The Bertz CT molecular complexity index is 1450. The number of rotatable bonds is 7. The SMILES string of the molecule is Cn1cc(C(=O)N(Cc2c(C(F)(F)F)ccc(Cl)c2F)C2CC2)c(C(F)F)n1.Cn1nc(C(F)F)c(C(N)=O)c1F. The van der Waals surface area contributed by atoms with Crippen LogP contribution in [0.25, 0.3) is 0 Å². The monoisotopic (exact) mass is 618 g/mol. The molecule has 2 aromatic heterocycles. The maximum Gasteiger partial charge on any atom is 0.416 e. The third-order valence-electron chi connectivity index (χ3n) is 5.83. The number of nitrogens with two attached hydrogens (primary N) is 1. The number of alkyl halides is 7. The van der Waals surface area contributed by atoms with Crippen LogP contribution in [0.2, 0.25) is 5.02 Å². The van der Waals surface area contributed by atoms with E-state index >= 15 is 0 Å². The number of primary amides is 1. The fourth-order valence-electron chi connectivity index (χ4n) is 3.83. The van der Waals surface area contributed by atoms with Gasteiger partial charge in [-0.25, -0.2) is 26.6 Å². The number of aryl methyl sites for hydroxylation is 2. The molecule has 41 heavy (non-hydrogen) atoms. The molecule has 1 aromatic carbocycles. The first-order valence-electron chi connectivity index (χ1n) is 11.4. The second kappa shape index (κ2) is 12.0. The molecule has 0 aliphatic heterocycles. The average Bonchev–Trinajstić information content (AvgIpc) is 3.55. The lowest BCUT2D eigenvalue weighted by atomic mass is 10.0. The predicted octanol–water partition coefficient (Wildman–Crippen LogP) is 5.57. The first-order valence-corrected chi connectivity index (χ1v) is 11.8. The highest BCUT2D eigenvalue weighted by Crippen LogP contribution is 2.38. The van der Waals surface area contributed by atoms with Crippen molar-refractivity contribution in [1.82, 2.24) is 24.5 Å². The van der Waals surface area contributed by atoms with Gasteiger partial charge < -0.3 is 10.6 Å². The maximum atomic E-state index is 14.4. The van der Waals surface area contributed by atoms with Gasteiger partial charge >= 0.3 is 6.18 Å². The van der Waals surface area contributed by atoms with Crippen LogP contribution in [0.3, 0.4) is 0 Å². The van der Waals surface area contributed by atoms with E-state index in [0.29, 0.717) is 23.6 Å². The zero-order valence-electron chi connectivity index (χ0n) is 21.0. The first-order chi connectivity index (χ1) is 18.9. The molecule has 0 unspecified atom stereocenters. The Hall–Kier alpha value is -3.76. The van der Waals surface area contributed by atoms with Gasteiger partial charge in [0.15, 0.2) is 0 Å². The summed E-state index contributed by atoms with van der Waals surface area (Å²) in [5.74, 6) is -4.63. The second-order valence-corrected chi connectivity index (χ2v) is 9.20. The van der Waals surface area contributed by atoms with Gasteiger partial charge in [0.25, 0.3) is 24.7 Å². The molecular weight excluding hydrogens is 599 g/mol. The van der Waals surface area contributed by atoms with E-state index in [0.717, 1.165) is 28.9 Å². The molecule has 0 saturated heterocycles. The highest BCUT2D eigenvalue weighted by atomic mass is 35.5. The van der Waals surface area contributed by atoms with E-state index in [-0.39, 0.29) is 0 Å². The van der Waals surface area contributed by atoms with Gasteiger partial charge in [-0.05, 0) is 25.0 Å². The van der Waals surface area contributed by atoms with Crippen LogP contribution < -0.4 is 5.73 Å². The summed E-state index contributed by atoms with van der Waals surface area (Å²) in [6.07, 6.45) is -8.92. The van der Waals surface area contributed by atoms with Crippen LogP contribution in [0.1, 0.15) is 68.9 Å². The summed E-state index contributed by atoms with van der Waals surface area (Å²) in [6.45, 7) is -0.748. The Labute approximate surface area is 230 Å². The van der Waals surface area contributed by atoms with Gasteiger partial charge in [0.05, 0.1) is 16.1 Å². The molecule has 8 nitrogen and oxygen atoms in total. The molecule has 2 N–H and O–H groups in total. The molecule has 0 radical (unpaired) electrons.